The Balaban J connectivity index is 1.80. The van der Waals surface area contributed by atoms with E-state index < -0.39 is 0 Å². The van der Waals surface area contributed by atoms with Crippen molar-refractivity contribution in [1.29, 1.82) is 0 Å². The van der Waals surface area contributed by atoms with Gasteiger partial charge < -0.3 is 19.1 Å². The van der Waals surface area contributed by atoms with Crippen LogP contribution in [0.1, 0.15) is 23.0 Å². The maximum Gasteiger partial charge on any atom is 0.231 e. The lowest BCUT2D eigenvalue weighted by Gasteiger charge is -2.34. The lowest BCUT2D eigenvalue weighted by molar-refractivity contribution is -0.918. The standard InChI is InChI=1S/C21H22N2O3/c1-13-10-14-6-4-5-7-16(14)23(13)21-18-15(8-9-22(21)2)11-17-19(20(18)24-3)26-12-25-17/h4-7,10-11,21H,8-9,12H2,1-3H3/p+1/t21-/m1/s1. The summed E-state index contributed by atoms with van der Waals surface area (Å²) < 4.78 is 19.7. The Morgan fingerprint density at radius 3 is 2.88 bits per heavy atom. The van der Waals surface area contributed by atoms with Crippen LogP contribution in [-0.2, 0) is 6.42 Å². The molecule has 0 saturated carbocycles. The third kappa shape index (κ3) is 2.07. The number of para-hydroxylation sites is 1. The molecule has 1 unspecified atom stereocenters. The predicted octanol–water partition coefficient (Wildman–Crippen LogP) is 2.30. The lowest BCUT2D eigenvalue weighted by Crippen LogP contribution is -3.11. The second-order valence-electron chi connectivity index (χ2n) is 7.18. The Hall–Kier alpha value is -2.66. The first kappa shape index (κ1) is 15.6. The highest BCUT2D eigenvalue weighted by molar-refractivity contribution is 5.81. The topological polar surface area (TPSA) is 37.1 Å². The largest absolute Gasteiger partial charge is 0.492 e. The van der Waals surface area contributed by atoms with Crippen molar-refractivity contribution in [1.82, 2.24) is 4.57 Å². The van der Waals surface area contributed by atoms with Gasteiger partial charge >= 0.3 is 0 Å². The average Bonchev–Trinajstić information content (AvgIpc) is 3.23. The number of ether oxygens (including phenoxy) is 3. The predicted molar refractivity (Wildman–Crippen MR) is 99.4 cm³/mol. The minimum atomic E-state index is 0.142. The normalized spacial score (nSPS) is 21.0. The second-order valence-corrected chi connectivity index (χ2v) is 7.18. The molecule has 5 rings (SSSR count). The van der Waals surface area contributed by atoms with E-state index in [1.54, 1.807) is 7.11 Å². The van der Waals surface area contributed by atoms with Gasteiger partial charge in [0, 0.05) is 17.5 Å². The van der Waals surface area contributed by atoms with Gasteiger partial charge in [0.25, 0.3) is 0 Å². The summed E-state index contributed by atoms with van der Waals surface area (Å²) in [5.74, 6) is 2.35. The molecule has 1 aromatic heterocycles. The minimum absolute atomic E-state index is 0.142. The zero-order chi connectivity index (χ0) is 17.8. The molecule has 26 heavy (non-hydrogen) atoms. The van der Waals surface area contributed by atoms with Gasteiger partial charge in [-0.25, -0.2) is 0 Å². The molecule has 0 fully saturated rings. The van der Waals surface area contributed by atoms with E-state index in [0.29, 0.717) is 0 Å². The fourth-order valence-electron chi connectivity index (χ4n) is 4.51. The van der Waals surface area contributed by atoms with Gasteiger partial charge in [-0.2, -0.15) is 0 Å². The Morgan fingerprint density at radius 1 is 1.19 bits per heavy atom. The maximum absolute atomic E-state index is 5.85. The van der Waals surface area contributed by atoms with Crippen LogP contribution in [0.4, 0.5) is 0 Å². The van der Waals surface area contributed by atoms with Crippen molar-refractivity contribution in [2.75, 3.05) is 27.5 Å². The number of fused-ring (bicyclic) bond motifs is 3. The molecule has 0 aliphatic carbocycles. The van der Waals surface area contributed by atoms with Crippen LogP contribution >= 0.6 is 0 Å². The molecule has 3 heterocycles. The summed E-state index contributed by atoms with van der Waals surface area (Å²) in [6, 6.07) is 13.0. The molecule has 2 aromatic carbocycles. The van der Waals surface area contributed by atoms with Crippen LogP contribution in [0, 0.1) is 6.92 Å². The Kier molecular flexibility index (Phi) is 3.40. The number of likely N-dealkylation sites (N-methyl/N-ethyl adjacent to an activating group) is 1. The van der Waals surface area contributed by atoms with E-state index in [-0.39, 0.29) is 13.0 Å². The summed E-state index contributed by atoms with van der Waals surface area (Å²) in [4.78, 5) is 1.44. The van der Waals surface area contributed by atoms with Crippen LogP contribution in [0.2, 0.25) is 0 Å². The van der Waals surface area contributed by atoms with E-state index in [1.165, 1.54) is 32.6 Å². The number of rotatable bonds is 2. The summed E-state index contributed by atoms with van der Waals surface area (Å²) in [5.41, 5.74) is 5.01. The number of nitrogens with one attached hydrogen (secondary N) is 1. The van der Waals surface area contributed by atoms with Crippen molar-refractivity contribution in [3.8, 4) is 17.2 Å². The summed E-state index contributed by atoms with van der Waals surface area (Å²) in [6.45, 7) is 3.50. The number of benzene rings is 2. The number of aromatic nitrogens is 1. The van der Waals surface area contributed by atoms with Crippen molar-refractivity contribution < 1.29 is 19.1 Å². The molecule has 134 valence electrons. The Morgan fingerprint density at radius 2 is 2.04 bits per heavy atom. The molecule has 0 spiro atoms. The molecule has 2 atom stereocenters. The van der Waals surface area contributed by atoms with Gasteiger partial charge in [0.2, 0.25) is 12.5 Å². The van der Waals surface area contributed by atoms with Crippen molar-refractivity contribution in [3.63, 3.8) is 0 Å². The molecule has 5 nitrogen and oxygen atoms in total. The molecule has 0 amide bonds. The Bertz CT molecular complexity index is 1010. The molecule has 1 N–H and O–H groups in total. The summed E-state index contributed by atoms with van der Waals surface area (Å²) in [5, 5.41) is 1.27. The molecule has 0 bridgehead atoms. The SMILES string of the molecule is COc1c2c(cc3c1[C@@H](n1c(C)cc4ccccc41)[NH+](C)CC3)OCO2. The average molecular weight is 351 g/mol. The zero-order valence-corrected chi connectivity index (χ0v) is 15.3. The van der Waals surface area contributed by atoms with Crippen molar-refractivity contribution in [3.05, 3.63) is 53.2 Å². The highest BCUT2D eigenvalue weighted by Crippen LogP contribution is 2.48. The molecule has 5 heteroatoms. The van der Waals surface area contributed by atoms with Crippen LogP contribution in [0.3, 0.4) is 0 Å². The number of quaternary nitrogens is 1. The van der Waals surface area contributed by atoms with Crippen LogP contribution in [0.15, 0.2) is 36.4 Å². The van der Waals surface area contributed by atoms with E-state index in [2.05, 4.69) is 54.9 Å². The molecule has 2 aliphatic heterocycles. The van der Waals surface area contributed by atoms with Gasteiger partial charge in [0.15, 0.2) is 17.7 Å². The van der Waals surface area contributed by atoms with Gasteiger partial charge in [0.05, 0.1) is 31.8 Å². The number of aryl methyl sites for hydroxylation is 1. The summed E-state index contributed by atoms with van der Waals surface area (Å²) in [7, 11) is 3.98. The quantitative estimate of drug-likeness (QED) is 0.770. The van der Waals surface area contributed by atoms with Gasteiger partial charge in [-0.05, 0) is 30.7 Å². The van der Waals surface area contributed by atoms with Crippen LogP contribution < -0.4 is 19.1 Å². The fraction of sp³-hybridized carbons (Fsp3) is 0.333. The summed E-state index contributed by atoms with van der Waals surface area (Å²) in [6.07, 6.45) is 1.14. The van der Waals surface area contributed by atoms with Gasteiger partial charge in [-0.15, -0.1) is 0 Å². The van der Waals surface area contributed by atoms with E-state index in [0.717, 1.165) is 30.2 Å². The molecule has 0 radical (unpaired) electrons. The number of nitrogens with zero attached hydrogens (tertiary/aromatic N) is 1. The number of hydrogen-bond donors (Lipinski definition) is 1. The molecule has 0 saturated heterocycles. The third-order valence-electron chi connectivity index (χ3n) is 5.68. The highest BCUT2D eigenvalue weighted by atomic mass is 16.7. The Labute approximate surface area is 152 Å². The monoisotopic (exact) mass is 351 g/mol. The minimum Gasteiger partial charge on any atom is -0.492 e. The summed E-state index contributed by atoms with van der Waals surface area (Å²) >= 11 is 0. The molecular formula is C21H23N2O3+. The fourth-order valence-corrected chi connectivity index (χ4v) is 4.51. The van der Waals surface area contributed by atoms with E-state index in [1.807, 2.05) is 0 Å². The van der Waals surface area contributed by atoms with E-state index in [4.69, 9.17) is 14.2 Å². The second kappa shape index (κ2) is 5.68. The lowest BCUT2D eigenvalue weighted by atomic mass is 9.94. The van der Waals surface area contributed by atoms with E-state index in [9.17, 15) is 0 Å². The van der Waals surface area contributed by atoms with Crippen molar-refractivity contribution >= 4 is 10.9 Å². The van der Waals surface area contributed by atoms with Gasteiger partial charge in [0.1, 0.15) is 0 Å². The van der Waals surface area contributed by atoms with Crippen LogP contribution in [0.25, 0.3) is 10.9 Å². The molecule has 3 aromatic rings. The molecular weight excluding hydrogens is 328 g/mol. The number of hydrogen-bond acceptors (Lipinski definition) is 3. The van der Waals surface area contributed by atoms with Gasteiger partial charge in [-0.3, -0.25) is 4.57 Å². The number of methoxy groups -OCH3 is 1. The maximum atomic E-state index is 5.85. The first-order valence-corrected chi connectivity index (χ1v) is 9.07. The smallest absolute Gasteiger partial charge is 0.231 e. The molecule has 2 aliphatic rings. The van der Waals surface area contributed by atoms with Crippen LogP contribution in [0.5, 0.6) is 17.2 Å². The third-order valence-corrected chi connectivity index (χ3v) is 5.68. The van der Waals surface area contributed by atoms with Crippen molar-refractivity contribution in [2.45, 2.75) is 19.5 Å². The van der Waals surface area contributed by atoms with Gasteiger partial charge in [-0.1, -0.05) is 18.2 Å². The van der Waals surface area contributed by atoms with Crippen LogP contribution in [-0.4, -0.2) is 32.1 Å². The van der Waals surface area contributed by atoms with E-state index >= 15 is 0 Å². The first-order valence-electron chi connectivity index (χ1n) is 9.07. The van der Waals surface area contributed by atoms with Crippen molar-refractivity contribution in [2.24, 2.45) is 0 Å². The first-order chi connectivity index (χ1) is 12.7. The highest BCUT2D eigenvalue weighted by Gasteiger charge is 2.38. The zero-order valence-electron chi connectivity index (χ0n) is 15.3.